The molecular formula is C14H16N2O6S. The van der Waals surface area contributed by atoms with E-state index in [-0.39, 0.29) is 4.90 Å². The number of benzene rings is 1. The number of oxazole rings is 1. The number of hydrogen-bond acceptors (Lipinski definition) is 7. The number of nitrogens with one attached hydrogen (secondary N) is 1. The fourth-order valence-corrected chi connectivity index (χ4v) is 3.03. The number of sulfonamides is 1. The van der Waals surface area contributed by atoms with E-state index in [0.717, 1.165) is 7.11 Å². The van der Waals surface area contributed by atoms with Crippen molar-refractivity contribution in [2.24, 2.45) is 0 Å². The number of hydrogen-bond donors (Lipinski definition) is 2. The molecule has 8 nitrogen and oxygen atoms in total. The van der Waals surface area contributed by atoms with Gasteiger partial charge in [0.05, 0.1) is 18.6 Å². The van der Waals surface area contributed by atoms with E-state index < -0.39 is 28.6 Å². The van der Waals surface area contributed by atoms with Crippen molar-refractivity contribution in [3.8, 4) is 11.3 Å². The van der Waals surface area contributed by atoms with Crippen molar-refractivity contribution in [1.82, 2.24) is 9.71 Å². The summed E-state index contributed by atoms with van der Waals surface area (Å²) >= 11 is 0. The molecule has 1 unspecified atom stereocenters. The van der Waals surface area contributed by atoms with Gasteiger partial charge in [0.25, 0.3) is 0 Å². The van der Waals surface area contributed by atoms with Gasteiger partial charge in [0.1, 0.15) is 18.0 Å². The summed E-state index contributed by atoms with van der Waals surface area (Å²) < 4.78 is 36.0. The molecule has 0 radical (unpaired) electrons. The van der Waals surface area contributed by atoms with Gasteiger partial charge in [0.15, 0.2) is 5.89 Å². The molecule has 2 N–H and O–H groups in total. The lowest BCUT2D eigenvalue weighted by Gasteiger charge is -2.14. The third-order valence-corrected chi connectivity index (χ3v) is 4.53. The van der Waals surface area contributed by atoms with Gasteiger partial charge >= 0.3 is 5.97 Å². The lowest BCUT2D eigenvalue weighted by Crippen LogP contribution is -2.43. The first-order valence-corrected chi connectivity index (χ1v) is 8.09. The average Bonchev–Trinajstić information content (AvgIpc) is 2.98. The molecule has 23 heavy (non-hydrogen) atoms. The van der Waals surface area contributed by atoms with Crippen LogP contribution in [-0.2, 0) is 19.6 Å². The molecule has 2 rings (SSSR count). The van der Waals surface area contributed by atoms with Crippen LogP contribution in [0.25, 0.3) is 11.3 Å². The monoisotopic (exact) mass is 340 g/mol. The second-order valence-corrected chi connectivity index (χ2v) is 6.37. The van der Waals surface area contributed by atoms with E-state index in [1.807, 2.05) is 0 Å². The number of aliphatic hydroxyl groups is 1. The number of nitrogens with zero attached hydrogens (tertiary/aromatic N) is 1. The van der Waals surface area contributed by atoms with Crippen LogP contribution in [0, 0.1) is 6.92 Å². The highest BCUT2D eigenvalue weighted by Crippen LogP contribution is 2.20. The number of methoxy groups -OCH3 is 1. The van der Waals surface area contributed by atoms with Crippen LogP contribution in [0.2, 0.25) is 0 Å². The van der Waals surface area contributed by atoms with Crippen molar-refractivity contribution < 1.29 is 27.5 Å². The highest BCUT2D eigenvalue weighted by molar-refractivity contribution is 7.89. The van der Waals surface area contributed by atoms with Crippen LogP contribution in [0.4, 0.5) is 0 Å². The molecule has 1 heterocycles. The van der Waals surface area contributed by atoms with E-state index >= 15 is 0 Å². The maximum absolute atomic E-state index is 12.2. The van der Waals surface area contributed by atoms with Gasteiger partial charge in [0, 0.05) is 12.5 Å². The lowest BCUT2D eigenvalue weighted by molar-refractivity contribution is -0.143. The van der Waals surface area contributed by atoms with Crippen LogP contribution in [0.5, 0.6) is 0 Å². The normalized spacial score (nSPS) is 12.8. The minimum Gasteiger partial charge on any atom is -0.468 e. The highest BCUT2D eigenvalue weighted by atomic mass is 32.2. The molecule has 0 aliphatic carbocycles. The largest absolute Gasteiger partial charge is 0.468 e. The minimum atomic E-state index is -3.98. The Balaban J connectivity index is 2.22. The summed E-state index contributed by atoms with van der Waals surface area (Å²) in [6.45, 7) is 0.996. The van der Waals surface area contributed by atoms with Gasteiger partial charge in [-0.25, -0.2) is 13.4 Å². The Kier molecular flexibility index (Phi) is 5.14. The molecule has 1 atom stereocenters. The number of carbonyl (C=O) groups is 1. The second kappa shape index (κ2) is 6.90. The number of aryl methyl sites for hydroxylation is 1. The van der Waals surface area contributed by atoms with E-state index in [9.17, 15) is 13.2 Å². The molecule has 0 bridgehead atoms. The molecule has 0 amide bonds. The molecule has 0 aliphatic heterocycles. The van der Waals surface area contributed by atoms with Crippen LogP contribution >= 0.6 is 0 Å². The molecule has 1 aromatic carbocycles. The number of carbonyl (C=O) groups excluding carboxylic acids is 1. The molecule has 0 spiro atoms. The second-order valence-electron chi connectivity index (χ2n) is 4.66. The van der Waals surface area contributed by atoms with Crippen molar-refractivity contribution in [3.63, 3.8) is 0 Å². The van der Waals surface area contributed by atoms with E-state index in [1.165, 1.54) is 18.4 Å². The van der Waals surface area contributed by atoms with E-state index in [1.54, 1.807) is 19.1 Å². The topological polar surface area (TPSA) is 119 Å². The quantitative estimate of drug-likeness (QED) is 0.733. The van der Waals surface area contributed by atoms with Gasteiger partial charge < -0.3 is 14.3 Å². The molecule has 2 aromatic rings. The van der Waals surface area contributed by atoms with Gasteiger partial charge in [-0.15, -0.1) is 0 Å². The Labute approximate surface area is 133 Å². The van der Waals surface area contributed by atoms with Crippen LogP contribution in [0.3, 0.4) is 0 Å². The van der Waals surface area contributed by atoms with Crippen LogP contribution in [0.1, 0.15) is 5.89 Å². The Morgan fingerprint density at radius 3 is 2.52 bits per heavy atom. The molecule has 124 valence electrons. The highest BCUT2D eigenvalue weighted by Gasteiger charge is 2.25. The summed E-state index contributed by atoms with van der Waals surface area (Å²) in [7, 11) is -2.87. The summed E-state index contributed by atoms with van der Waals surface area (Å²) in [5, 5.41) is 9.09. The summed E-state index contributed by atoms with van der Waals surface area (Å²) in [5.74, 6) is -0.368. The van der Waals surface area contributed by atoms with Gasteiger partial charge in [-0.3, -0.25) is 4.79 Å². The first-order chi connectivity index (χ1) is 10.9. The lowest BCUT2D eigenvalue weighted by atomic mass is 10.2. The Hall–Kier alpha value is -2.23. The van der Waals surface area contributed by atoms with E-state index in [4.69, 9.17) is 9.52 Å². The van der Waals surface area contributed by atoms with Gasteiger partial charge in [-0.1, -0.05) is 12.1 Å². The van der Waals surface area contributed by atoms with Crippen molar-refractivity contribution in [2.45, 2.75) is 17.9 Å². The standard InChI is InChI=1S/C14H16N2O6S/c1-9-15-13(8-22-9)10-3-5-11(6-4-10)23(19,20)16-12(7-17)14(18)21-2/h3-6,8,12,16-17H,7H2,1-2H3. The van der Waals surface area contributed by atoms with Crippen LogP contribution in [0.15, 0.2) is 39.8 Å². The van der Waals surface area contributed by atoms with Crippen molar-refractivity contribution >= 4 is 16.0 Å². The van der Waals surface area contributed by atoms with Gasteiger partial charge in [-0.05, 0) is 12.1 Å². The number of ether oxygens (including phenoxy) is 1. The smallest absolute Gasteiger partial charge is 0.326 e. The Bertz CT molecular complexity index is 782. The van der Waals surface area contributed by atoms with Gasteiger partial charge in [0.2, 0.25) is 10.0 Å². The third kappa shape index (κ3) is 3.95. The van der Waals surface area contributed by atoms with Crippen molar-refractivity contribution in [2.75, 3.05) is 13.7 Å². The average molecular weight is 340 g/mol. The fourth-order valence-electron chi connectivity index (χ4n) is 1.86. The van der Waals surface area contributed by atoms with Gasteiger partial charge in [-0.2, -0.15) is 4.72 Å². The van der Waals surface area contributed by atoms with Crippen molar-refractivity contribution in [3.05, 3.63) is 36.4 Å². The minimum absolute atomic E-state index is 0.0520. The fraction of sp³-hybridized carbons (Fsp3) is 0.286. The molecule has 0 saturated carbocycles. The molecule has 0 aliphatic rings. The van der Waals surface area contributed by atoms with E-state index in [2.05, 4.69) is 14.4 Å². The third-order valence-electron chi connectivity index (χ3n) is 3.05. The predicted molar refractivity (Wildman–Crippen MR) is 79.9 cm³/mol. The zero-order valence-electron chi connectivity index (χ0n) is 12.5. The molecule has 9 heteroatoms. The summed E-state index contributed by atoms with van der Waals surface area (Å²) in [4.78, 5) is 15.5. The zero-order valence-corrected chi connectivity index (χ0v) is 13.3. The number of esters is 1. The SMILES string of the molecule is COC(=O)C(CO)NS(=O)(=O)c1ccc(-c2coc(C)n2)cc1. The number of aliphatic hydroxyl groups excluding tert-OH is 1. The Morgan fingerprint density at radius 1 is 1.39 bits per heavy atom. The number of rotatable bonds is 6. The summed E-state index contributed by atoms with van der Waals surface area (Å²) in [6.07, 6.45) is 1.47. The molecule has 1 aromatic heterocycles. The van der Waals surface area contributed by atoms with Crippen LogP contribution < -0.4 is 4.72 Å². The Morgan fingerprint density at radius 2 is 2.04 bits per heavy atom. The van der Waals surface area contributed by atoms with E-state index in [0.29, 0.717) is 17.1 Å². The summed E-state index contributed by atoms with van der Waals surface area (Å²) in [5.41, 5.74) is 1.27. The first-order valence-electron chi connectivity index (χ1n) is 6.61. The van der Waals surface area contributed by atoms with Crippen molar-refractivity contribution in [1.29, 1.82) is 0 Å². The maximum atomic E-state index is 12.2. The number of aromatic nitrogens is 1. The predicted octanol–water partition coefficient (Wildman–Crippen LogP) is 0.462. The van der Waals surface area contributed by atoms with Crippen LogP contribution in [-0.4, -0.2) is 44.2 Å². The molecule has 0 fully saturated rings. The summed E-state index contributed by atoms with van der Waals surface area (Å²) in [6, 6.07) is 4.51. The zero-order chi connectivity index (χ0) is 17.0. The molecular weight excluding hydrogens is 324 g/mol. The first kappa shape index (κ1) is 17.1. The maximum Gasteiger partial charge on any atom is 0.326 e. The molecule has 0 saturated heterocycles.